The van der Waals surface area contributed by atoms with Crippen LogP contribution in [0.15, 0.2) is 17.3 Å². The summed E-state index contributed by atoms with van der Waals surface area (Å²) in [4.78, 5) is 13.7. The van der Waals surface area contributed by atoms with Crippen LogP contribution in [0, 0.1) is 0 Å². The molecule has 0 radical (unpaired) electrons. The van der Waals surface area contributed by atoms with Crippen molar-refractivity contribution in [3.05, 3.63) is 12.4 Å². The predicted octanol–water partition coefficient (Wildman–Crippen LogP) is 0.230. The lowest BCUT2D eigenvalue weighted by Crippen LogP contribution is -2.43. The highest BCUT2D eigenvalue weighted by Crippen LogP contribution is 2.17. The van der Waals surface area contributed by atoms with Gasteiger partial charge in [-0.2, -0.15) is 5.10 Å². The molecular formula is C10H14ClN3O4S. The van der Waals surface area contributed by atoms with E-state index in [4.69, 9.17) is 15.4 Å². The third-order valence-corrected chi connectivity index (χ3v) is 4.24. The Morgan fingerprint density at radius 2 is 2.11 bits per heavy atom. The Bertz CT molecular complexity index is 565. The van der Waals surface area contributed by atoms with Crippen LogP contribution in [-0.4, -0.2) is 55.3 Å². The second kappa shape index (κ2) is 5.48. The zero-order valence-corrected chi connectivity index (χ0v) is 11.9. The van der Waals surface area contributed by atoms with Crippen LogP contribution in [-0.2, 0) is 18.6 Å². The second-order valence-corrected chi connectivity index (χ2v) is 6.77. The standard InChI is InChI=1S/C10H14ClN3O4S/c1-8(10(15)13-2-4-18-5-3-13)14-7-9(6-12-14)19(11,16)17/h6-8H,2-5H2,1H3. The SMILES string of the molecule is CC(C(=O)N1CCOCC1)n1cc(S(=O)(=O)Cl)cn1. The lowest BCUT2D eigenvalue weighted by atomic mass is 10.2. The number of morpholine rings is 1. The first-order valence-electron chi connectivity index (χ1n) is 5.75. The number of aromatic nitrogens is 2. The van der Waals surface area contributed by atoms with Crippen LogP contribution in [0.25, 0.3) is 0 Å². The summed E-state index contributed by atoms with van der Waals surface area (Å²) in [6.45, 7) is 3.75. The summed E-state index contributed by atoms with van der Waals surface area (Å²) in [5.74, 6) is -0.120. The first-order valence-corrected chi connectivity index (χ1v) is 8.06. The summed E-state index contributed by atoms with van der Waals surface area (Å²) in [7, 11) is 1.39. The first kappa shape index (κ1) is 14.3. The van der Waals surface area contributed by atoms with E-state index in [0.29, 0.717) is 26.3 Å². The van der Waals surface area contributed by atoms with E-state index in [1.54, 1.807) is 11.8 Å². The van der Waals surface area contributed by atoms with E-state index in [1.165, 1.54) is 10.9 Å². The monoisotopic (exact) mass is 307 g/mol. The maximum atomic E-state index is 12.2. The molecule has 7 nitrogen and oxygen atoms in total. The van der Waals surface area contributed by atoms with E-state index in [1.807, 2.05) is 0 Å². The van der Waals surface area contributed by atoms with E-state index in [2.05, 4.69) is 5.10 Å². The van der Waals surface area contributed by atoms with Gasteiger partial charge < -0.3 is 9.64 Å². The molecule has 1 fully saturated rings. The van der Waals surface area contributed by atoms with Crippen molar-refractivity contribution in [1.82, 2.24) is 14.7 Å². The van der Waals surface area contributed by atoms with Crippen molar-refractivity contribution >= 4 is 25.6 Å². The highest BCUT2D eigenvalue weighted by molar-refractivity contribution is 8.13. The van der Waals surface area contributed by atoms with Gasteiger partial charge in [-0.3, -0.25) is 9.48 Å². The number of amides is 1. The van der Waals surface area contributed by atoms with Crippen LogP contribution in [0.4, 0.5) is 0 Å². The minimum atomic E-state index is -3.82. The van der Waals surface area contributed by atoms with Gasteiger partial charge in [0, 0.05) is 30.0 Å². The molecule has 1 aliphatic heterocycles. The van der Waals surface area contributed by atoms with Gasteiger partial charge >= 0.3 is 0 Å². The molecule has 0 aliphatic carbocycles. The molecular weight excluding hydrogens is 294 g/mol. The van der Waals surface area contributed by atoms with E-state index >= 15 is 0 Å². The molecule has 2 heterocycles. The number of rotatable bonds is 3. The Labute approximate surface area is 115 Å². The molecule has 1 aromatic heterocycles. The molecule has 106 valence electrons. The Morgan fingerprint density at radius 3 is 2.63 bits per heavy atom. The van der Waals surface area contributed by atoms with Crippen molar-refractivity contribution in [1.29, 1.82) is 0 Å². The molecule has 1 aromatic rings. The summed E-state index contributed by atoms with van der Waals surface area (Å²) in [6.07, 6.45) is 2.39. The largest absolute Gasteiger partial charge is 0.378 e. The lowest BCUT2D eigenvalue weighted by Gasteiger charge is -2.29. The van der Waals surface area contributed by atoms with Crippen LogP contribution in [0.3, 0.4) is 0 Å². The minimum absolute atomic E-state index is 0.115. The van der Waals surface area contributed by atoms with E-state index in [-0.39, 0.29) is 10.8 Å². The Hall–Kier alpha value is -1.12. The highest BCUT2D eigenvalue weighted by atomic mass is 35.7. The number of hydrogen-bond acceptors (Lipinski definition) is 5. The van der Waals surface area contributed by atoms with Crippen molar-refractivity contribution in [3.8, 4) is 0 Å². The smallest absolute Gasteiger partial charge is 0.264 e. The highest BCUT2D eigenvalue weighted by Gasteiger charge is 2.25. The van der Waals surface area contributed by atoms with Gasteiger partial charge in [0.1, 0.15) is 10.9 Å². The molecule has 0 N–H and O–H groups in total. The number of carbonyl (C=O) groups is 1. The van der Waals surface area contributed by atoms with Crippen LogP contribution in [0.1, 0.15) is 13.0 Å². The molecule has 0 bridgehead atoms. The summed E-state index contributed by atoms with van der Waals surface area (Å²) < 4.78 is 28.8. The molecule has 1 unspecified atom stereocenters. The molecule has 0 spiro atoms. The van der Waals surface area contributed by atoms with Crippen LogP contribution >= 0.6 is 10.7 Å². The zero-order chi connectivity index (χ0) is 14.0. The topological polar surface area (TPSA) is 81.5 Å². The van der Waals surface area contributed by atoms with E-state index < -0.39 is 15.1 Å². The van der Waals surface area contributed by atoms with Crippen LogP contribution in [0.2, 0.25) is 0 Å². The lowest BCUT2D eigenvalue weighted by molar-refractivity contribution is -0.138. The number of ether oxygens (including phenoxy) is 1. The Kier molecular flexibility index (Phi) is 4.12. The van der Waals surface area contributed by atoms with E-state index in [0.717, 1.165) is 6.20 Å². The predicted molar refractivity (Wildman–Crippen MR) is 67.4 cm³/mol. The summed E-state index contributed by atoms with van der Waals surface area (Å²) >= 11 is 0. The quantitative estimate of drug-likeness (QED) is 0.747. The molecule has 0 aromatic carbocycles. The molecule has 1 aliphatic rings. The van der Waals surface area contributed by atoms with Gasteiger partial charge in [0.15, 0.2) is 0 Å². The Morgan fingerprint density at radius 1 is 1.47 bits per heavy atom. The summed E-state index contributed by atoms with van der Waals surface area (Å²) in [5, 5.41) is 3.87. The fraction of sp³-hybridized carbons (Fsp3) is 0.600. The molecule has 9 heteroatoms. The van der Waals surface area contributed by atoms with E-state index in [9.17, 15) is 13.2 Å². The van der Waals surface area contributed by atoms with Gasteiger partial charge in [0.05, 0.1) is 19.4 Å². The number of halogens is 1. The second-order valence-electron chi connectivity index (χ2n) is 4.21. The molecule has 1 amide bonds. The third-order valence-electron chi connectivity index (χ3n) is 2.94. The number of nitrogens with zero attached hydrogens (tertiary/aromatic N) is 3. The van der Waals surface area contributed by atoms with Gasteiger partial charge in [0.25, 0.3) is 9.05 Å². The molecule has 2 rings (SSSR count). The van der Waals surface area contributed by atoms with Gasteiger partial charge in [-0.25, -0.2) is 8.42 Å². The van der Waals surface area contributed by atoms with Crippen LogP contribution in [0.5, 0.6) is 0 Å². The maximum Gasteiger partial charge on any atom is 0.264 e. The number of hydrogen-bond donors (Lipinski definition) is 0. The van der Waals surface area contributed by atoms with Crippen molar-refractivity contribution < 1.29 is 17.9 Å². The number of carbonyl (C=O) groups excluding carboxylic acids is 1. The normalized spacial score (nSPS) is 18.3. The molecule has 0 saturated carbocycles. The average molecular weight is 308 g/mol. The fourth-order valence-electron chi connectivity index (χ4n) is 1.82. The fourth-order valence-corrected chi connectivity index (χ4v) is 2.47. The molecule has 1 saturated heterocycles. The minimum Gasteiger partial charge on any atom is -0.378 e. The zero-order valence-electron chi connectivity index (χ0n) is 10.3. The van der Waals surface area contributed by atoms with Gasteiger partial charge in [-0.1, -0.05) is 0 Å². The maximum absolute atomic E-state index is 12.2. The van der Waals surface area contributed by atoms with Crippen LogP contribution < -0.4 is 0 Å². The molecule has 19 heavy (non-hydrogen) atoms. The van der Waals surface area contributed by atoms with Crippen molar-refractivity contribution in [2.75, 3.05) is 26.3 Å². The third kappa shape index (κ3) is 3.26. The summed E-state index contributed by atoms with van der Waals surface area (Å²) in [5.41, 5.74) is 0. The first-order chi connectivity index (χ1) is 8.89. The molecule has 1 atom stereocenters. The summed E-state index contributed by atoms with van der Waals surface area (Å²) in [6, 6.07) is -0.578. The Balaban J connectivity index is 2.12. The van der Waals surface area contributed by atoms with Crippen molar-refractivity contribution in [2.24, 2.45) is 0 Å². The van der Waals surface area contributed by atoms with Gasteiger partial charge in [0.2, 0.25) is 5.91 Å². The van der Waals surface area contributed by atoms with Crippen molar-refractivity contribution in [2.45, 2.75) is 17.9 Å². The van der Waals surface area contributed by atoms with Crippen molar-refractivity contribution in [3.63, 3.8) is 0 Å². The van der Waals surface area contributed by atoms with Gasteiger partial charge in [-0.05, 0) is 6.92 Å². The van der Waals surface area contributed by atoms with Gasteiger partial charge in [-0.15, -0.1) is 0 Å². The average Bonchev–Trinajstić information content (AvgIpc) is 2.87.